The van der Waals surface area contributed by atoms with Crippen LogP contribution in [0.25, 0.3) is 0 Å². The number of carbonyl (C=O) groups is 2. The third-order valence-corrected chi connectivity index (χ3v) is 3.36. The number of benzene rings is 1. The highest BCUT2D eigenvalue weighted by Gasteiger charge is 2.19. The molecular weight excluding hydrogens is 266 g/mol. The van der Waals surface area contributed by atoms with E-state index in [1.54, 1.807) is 18.0 Å². The van der Waals surface area contributed by atoms with E-state index in [-0.39, 0.29) is 18.4 Å². The summed E-state index contributed by atoms with van der Waals surface area (Å²) in [6.45, 7) is 8.01. The fraction of sp³-hybridized carbons (Fsp3) is 0.500. The second kappa shape index (κ2) is 8.29. The third-order valence-electron chi connectivity index (χ3n) is 3.36. The molecule has 0 atom stereocenters. The number of hydrogen-bond donors (Lipinski definition) is 1. The van der Waals surface area contributed by atoms with Crippen LogP contribution in [0.1, 0.15) is 31.1 Å². The predicted molar refractivity (Wildman–Crippen MR) is 85.5 cm³/mol. The number of anilines is 1. The van der Waals surface area contributed by atoms with E-state index in [9.17, 15) is 9.59 Å². The molecule has 1 rings (SSSR count). The van der Waals surface area contributed by atoms with E-state index in [0.29, 0.717) is 18.7 Å². The Balaban J connectivity index is 2.81. The van der Waals surface area contributed by atoms with Gasteiger partial charge >= 0.3 is 0 Å². The summed E-state index contributed by atoms with van der Waals surface area (Å²) >= 11 is 0. The molecule has 1 aromatic rings. The molecular formula is C16H25N3O2. The van der Waals surface area contributed by atoms with Crippen LogP contribution >= 0.6 is 0 Å². The summed E-state index contributed by atoms with van der Waals surface area (Å²) in [5.74, 6) is -0.177. The Kier molecular flexibility index (Phi) is 6.72. The van der Waals surface area contributed by atoms with Crippen molar-refractivity contribution in [2.45, 2.75) is 20.8 Å². The molecule has 0 unspecified atom stereocenters. The van der Waals surface area contributed by atoms with Gasteiger partial charge < -0.3 is 15.1 Å². The van der Waals surface area contributed by atoms with Crippen molar-refractivity contribution in [2.24, 2.45) is 0 Å². The van der Waals surface area contributed by atoms with Crippen molar-refractivity contribution in [3.8, 4) is 0 Å². The molecule has 1 aromatic carbocycles. The first-order valence-corrected chi connectivity index (χ1v) is 7.41. The highest BCUT2D eigenvalue weighted by atomic mass is 16.2. The van der Waals surface area contributed by atoms with Crippen molar-refractivity contribution in [2.75, 3.05) is 38.5 Å². The minimum Gasteiger partial charge on any atom is -0.385 e. The van der Waals surface area contributed by atoms with Crippen molar-refractivity contribution in [1.29, 1.82) is 0 Å². The van der Waals surface area contributed by atoms with Gasteiger partial charge in [0.05, 0.1) is 12.1 Å². The van der Waals surface area contributed by atoms with Gasteiger partial charge in [0.15, 0.2) is 0 Å². The number of nitrogens with one attached hydrogen (secondary N) is 1. The lowest BCUT2D eigenvalue weighted by Gasteiger charge is -2.24. The first kappa shape index (κ1) is 17.0. The number of para-hydroxylation sites is 1. The van der Waals surface area contributed by atoms with Crippen LogP contribution in [0.2, 0.25) is 0 Å². The SMILES string of the molecule is CCNc1ccccc1C(=O)N(C)CC(=O)N(CC)CC. The van der Waals surface area contributed by atoms with Crippen LogP contribution in [0.5, 0.6) is 0 Å². The number of carbonyl (C=O) groups excluding carboxylic acids is 2. The van der Waals surface area contributed by atoms with Crippen LogP contribution in [0.15, 0.2) is 24.3 Å². The van der Waals surface area contributed by atoms with Gasteiger partial charge in [-0.05, 0) is 32.9 Å². The summed E-state index contributed by atoms with van der Waals surface area (Å²) in [5, 5.41) is 3.17. The number of nitrogens with zero attached hydrogens (tertiary/aromatic N) is 2. The highest BCUT2D eigenvalue weighted by molar-refractivity contribution is 6.01. The smallest absolute Gasteiger partial charge is 0.256 e. The fourth-order valence-corrected chi connectivity index (χ4v) is 2.17. The van der Waals surface area contributed by atoms with Crippen molar-refractivity contribution < 1.29 is 9.59 Å². The van der Waals surface area contributed by atoms with Crippen molar-refractivity contribution in [3.63, 3.8) is 0 Å². The summed E-state index contributed by atoms with van der Waals surface area (Å²) in [6, 6.07) is 7.36. The van der Waals surface area contributed by atoms with Gasteiger partial charge in [0.25, 0.3) is 5.91 Å². The molecule has 1 N–H and O–H groups in total. The molecule has 0 bridgehead atoms. The topological polar surface area (TPSA) is 52.7 Å². The van der Waals surface area contributed by atoms with Crippen molar-refractivity contribution in [3.05, 3.63) is 29.8 Å². The normalized spacial score (nSPS) is 10.1. The summed E-state index contributed by atoms with van der Waals surface area (Å²) in [5.41, 5.74) is 1.39. The molecule has 0 saturated carbocycles. The van der Waals surface area contributed by atoms with Crippen LogP contribution in [0, 0.1) is 0 Å². The lowest BCUT2D eigenvalue weighted by Crippen LogP contribution is -2.41. The minimum absolute atomic E-state index is 0.0308. The van der Waals surface area contributed by atoms with Gasteiger partial charge in [-0.1, -0.05) is 12.1 Å². The maximum atomic E-state index is 12.5. The van der Waals surface area contributed by atoms with Gasteiger partial charge in [-0.25, -0.2) is 0 Å². The lowest BCUT2D eigenvalue weighted by atomic mass is 10.1. The van der Waals surface area contributed by atoms with Crippen LogP contribution in [0.3, 0.4) is 0 Å². The molecule has 0 aliphatic heterocycles. The van der Waals surface area contributed by atoms with Crippen LogP contribution in [-0.2, 0) is 4.79 Å². The molecule has 0 radical (unpaired) electrons. The maximum Gasteiger partial charge on any atom is 0.256 e. The average molecular weight is 291 g/mol. The largest absolute Gasteiger partial charge is 0.385 e. The zero-order chi connectivity index (χ0) is 15.8. The third kappa shape index (κ3) is 4.48. The van der Waals surface area contributed by atoms with Gasteiger partial charge in [-0.15, -0.1) is 0 Å². The molecule has 0 aliphatic rings. The molecule has 0 spiro atoms. The second-order valence-corrected chi connectivity index (χ2v) is 4.80. The molecule has 2 amide bonds. The fourth-order valence-electron chi connectivity index (χ4n) is 2.17. The first-order valence-electron chi connectivity index (χ1n) is 7.41. The van der Waals surface area contributed by atoms with Crippen LogP contribution in [-0.4, -0.2) is 54.8 Å². The van der Waals surface area contributed by atoms with E-state index in [1.807, 2.05) is 39.0 Å². The van der Waals surface area contributed by atoms with Crippen molar-refractivity contribution >= 4 is 17.5 Å². The zero-order valence-electron chi connectivity index (χ0n) is 13.3. The predicted octanol–water partition coefficient (Wildman–Crippen LogP) is 2.06. The molecule has 0 aromatic heterocycles. The van der Waals surface area contributed by atoms with Gasteiger partial charge in [-0.2, -0.15) is 0 Å². The summed E-state index contributed by atoms with van der Waals surface area (Å²) in [7, 11) is 1.66. The Morgan fingerprint density at radius 3 is 2.29 bits per heavy atom. The Labute approximate surface area is 126 Å². The first-order chi connectivity index (χ1) is 10.0. The van der Waals surface area contributed by atoms with Crippen LogP contribution < -0.4 is 5.32 Å². The number of likely N-dealkylation sites (N-methyl/N-ethyl adjacent to an activating group) is 2. The van der Waals surface area contributed by atoms with E-state index in [4.69, 9.17) is 0 Å². The highest BCUT2D eigenvalue weighted by Crippen LogP contribution is 2.16. The molecule has 0 heterocycles. The van der Waals surface area contributed by atoms with E-state index in [1.165, 1.54) is 4.90 Å². The summed E-state index contributed by atoms with van der Waals surface area (Å²) in [6.07, 6.45) is 0. The second-order valence-electron chi connectivity index (χ2n) is 4.80. The standard InChI is InChI=1S/C16H25N3O2/c1-5-17-14-11-9-8-10-13(14)16(21)18(4)12-15(20)19(6-2)7-3/h8-11,17H,5-7,12H2,1-4H3. The molecule has 0 saturated heterocycles. The maximum absolute atomic E-state index is 12.5. The van der Waals surface area contributed by atoms with E-state index in [0.717, 1.165) is 12.2 Å². The van der Waals surface area contributed by atoms with Gasteiger partial charge in [0.1, 0.15) is 0 Å². The Hall–Kier alpha value is -2.04. The Morgan fingerprint density at radius 1 is 1.10 bits per heavy atom. The Morgan fingerprint density at radius 2 is 1.71 bits per heavy atom. The molecule has 0 aliphatic carbocycles. The summed E-state index contributed by atoms with van der Waals surface area (Å²) < 4.78 is 0. The van der Waals surface area contributed by atoms with E-state index >= 15 is 0 Å². The molecule has 21 heavy (non-hydrogen) atoms. The van der Waals surface area contributed by atoms with Gasteiger partial charge in [-0.3, -0.25) is 9.59 Å². The molecule has 0 fully saturated rings. The molecule has 5 heteroatoms. The minimum atomic E-state index is -0.146. The monoisotopic (exact) mass is 291 g/mol. The molecule has 5 nitrogen and oxygen atoms in total. The Bertz CT molecular complexity index is 484. The number of hydrogen-bond acceptors (Lipinski definition) is 3. The zero-order valence-corrected chi connectivity index (χ0v) is 13.3. The summed E-state index contributed by atoms with van der Waals surface area (Å²) in [4.78, 5) is 27.8. The van der Waals surface area contributed by atoms with E-state index < -0.39 is 0 Å². The van der Waals surface area contributed by atoms with Gasteiger partial charge in [0.2, 0.25) is 5.91 Å². The van der Waals surface area contributed by atoms with Gasteiger partial charge in [0, 0.05) is 32.4 Å². The number of amides is 2. The molecule has 116 valence electrons. The average Bonchev–Trinajstić information content (AvgIpc) is 2.48. The quantitative estimate of drug-likeness (QED) is 0.836. The number of rotatable bonds is 7. The van der Waals surface area contributed by atoms with Crippen LogP contribution in [0.4, 0.5) is 5.69 Å². The van der Waals surface area contributed by atoms with Crippen molar-refractivity contribution in [1.82, 2.24) is 9.80 Å². The van der Waals surface area contributed by atoms with E-state index in [2.05, 4.69) is 5.32 Å². The lowest BCUT2D eigenvalue weighted by molar-refractivity contribution is -0.131.